The van der Waals surface area contributed by atoms with Gasteiger partial charge >= 0.3 is 12.1 Å². The Kier molecular flexibility index (Phi) is 8.93. The van der Waals surface area contributed by atoms with Gasteiger partial charge in [0.05, 0.1) is 17.8 Å². The number of carbonyl (C=O) groups excluding carboxylic acids is 2. The van der Waals surface area contributed by atoms with Gasteiger partial charge in [0, 0.05) is 23.2 Å². The van der Waals surface area contributed by atoms with E-state index in [0.29, 0.717) is 11.9 Å². The van der Waals surface area contributed by atoms with Gasteiger partial charge in [0.2, 0.25) is 0 Å². The van der Waals surface area contributed by atoms with Gasteiger partial charge in [-0.05, 0) is 63.6 Å². The first-order valence-electron chi connectivity index (χ1n) is 12.9. The van der Waals surface area contributed by atoms with E-state index in [1.54, 1.807) is 32.9 Å². The summed E-state index contributed by atoms with van der Waals surface area (Å²) in [5, 5.41) is 3.10. The van der Waals surface area contributed by atoms with Crippen molar-refractivity contribution in [3.63, 3.8) is 0 Å². The number of carbonyl (C=O) groups is 2. The molecule has 0 aliphatic rings. The zero-order valence-electron chi connectivity index (χ0n) is 22.9. The molecule has 2 heterocycles. The fourth-order valence-electron chi connectivity index (χ4n) is 4.06. The van der Waals surface area contributed by atoms with Crippen LogP contribution in [0.3, 0.4) is 0 Å². The maximum atomic E-state index is 14.2. The molecule has 0 spiro atoms. The Morgan fingerprint density at radius 2 is 1.80 bits per heavy atom. The molecule has 0 unspecified atom stereocenters. The summed E-state index contributed by atoms with van der Waals surface area (Å²) in [6.07, 6.45) is 0.816. The maximum Gasteiger partial charge on any atom is 0.408 e. The van der Waals surface area contributed by atoms with E-state index in [4.69, 9.17) is 14.2 Å². The number of fused-ring (bicyclic) bond motifs is 1. The second-order valence-corrected chi connectivity index (χ2v) is 10.3. The van der Waals surface area contributed by atoms with Crippen molar-refractivity contribution in [2.24, 2.45) is 0 Å². The third-order valence-electron chi connectivity index (χ3n) is 5.77. The van der Waals surface area contributed by atoms with Crippen LogP contribution in [-0.2, 0) is 22.5 Å². The molecule has 4 aromatic rings. The van der Waals surface area contributed by atoms with Gasteiger partial charge in [-0.1, -0.05) is 36.4 Å². The SMILES string of the molecule is Cc1cccc(C[C@H](COc2ccc3ncc(F)cc3c2C(=O)OCc2ccccc2)NC(=O)OC(C)(C)C)n1. The Bertz CT molecular complexity index is 1490. The lowest BCUT2D eigenvalue weighted by atomic mass is 10.1. The van der Waals surface area contributed by atoms with Crippen molar-refractivity contribution in [3.05, 3.63) is 101 Å². The molecule has 0 saturated heterocycles. The van der Waals surface area contributed by atoms with Crippen molar-refractivity contribution >= 4 is 23.0 Å². The van der Waals surface area contributed by atoms with E-state index in [0.717, 1.165) is 23.1 Å². The minimum atomic E-state index is -0.692. The first-order valence-corrected chi connectivity index (χ1v) is 12.9. The van der Waals surface area contributed by atoms with Crippen LogP contribution in [0.15, 0.2) is 72.9 Å². The molecule has 4 rings (SSSR count). The molecule has 0 saturated carbocycles. The van der Waals surface area contributed by atoms with E-state index in [9.17, 15) is 14.0 Å². The number of benzene rings is 2. The Morgan fingerprint density at radius 3 is 2.52 bits per heavy atom. The number of aromatic nitrogens is 2. The molecule has 0 bridgehead atoms. The van der Waals surface area contributed by atoms with Gasteiger partial charge in [-0.15, -0.1) is 0 Å². The topological polar surface area (TPSA) is 99.6 Å². The molecular weight excluding hydrogens is 513 g/mol. The lowest BCUT2D eigenvalue weighted by Gasteiger charge is -2.24. The molecule has 208 valence electrons. The molecule has 0 aliphatic carbocycles. The Labute approximate surface area is 232 Å². The van der Waals surface area contributed by atoms with E-state index in [-0.39, 0.29) is 29.9 Å². The zero-order chi connectivity index (χ0) is 28.7. The van der Waals surface area contributed by atoms with E-state index in [1.165, 1.54) is 6.07 Å². The zero-order valence-corrected chi connectivity index (χ0v) is 22.9. The maximum absolute atomic E-state index is 14.2. The molecule has 1 amide bonds. The fraction of sp³-hybridized carbons (Fsp3) is 0.290. The number of hydrogen-bond donors (Lipinski definition) is 1. The predicted octanol–water partition coefficient (Wildman–Crippen LogP) is 5.95. The monoisotopic (exact) mass is 545 g/mol. The molecule has 1 atom stereocenters. The number of nitrogens with zero attached hydrogens (tertiary/aromatic N) is 2. The summed E-state index contributed by atoms with van der Waals surface area (Å²) in [6, 6.07) is 18.7. The van der Waals surface area contributed by atoms with E-state index in [2.05, 4.69) is 15.3 Å². The number of halogens is 1. The molecule has 2 aromatic carbocycles. The van der Waals surface area contributed by atoms with Crippen molar-refractivity contribution in [1.82, 2.24) is 15.3 Å². The van der Waals surface area contributed by atoms with Crippen LogP contribution in [0, 0.1) is 12.7 Å². The summed E-state index contributed by atoms with van der Waals surface area (Å²) in [4.78, 5) is 34.6. The van der Waals surface area contributed by atoms with Crippen LogP contribution in [0.25, 0.3) is 10.9 Å². The molecule has 0 radical (unpaired) electrons. The van der Waals surface area contributed by atoms with Crippen LogP contribution in [0.2, 0.25) is 0 Å². The summed E-state index contributed by atoms with van der Waals surface area (Å²) >= 11 is 0. The number of esters is 1. The average Bonchev–Trinajstić information content (AvgIpc) is 2.89. The highest BCUT2D eigenvalue weighted by atomic mass is 19.1. The molecule has 8 nitrogen and oxygen atoms in total. The quantitative estimate of drug-likeness (QED) is 0.260. The average molecular weight is 546 g/mol. The molecule has 9 heteroatoms. The number of ether oxygens (including phenoxy) is 3. The smallest absolute Gasteiger partial charge is 0.408 e. The number of alkyl carbamates (subject to hydrolysis) is 1. The summed E-state index contributed by atoms with van der Waals surface area (Å²) in [5.74, 6) is -1.11. The summed E-state index contributed by atoms with van der Waals surface area (Å²) in [6.45, 7) is 7.20. The first kappa shape index (κ1) is 28.5. The van der Waals surface area contributed by atoms with Gasteiger partial charge in [0.1, 0.15) is 35.9 Å². The first-order chi connectivity index (χ1) is 19.1. The number of hydrogen-bond acceptors (Lipinski definition) is 7. The molecule has 40 heavy (non-hydrogen) atoms. The number of aryl methyl sites for hydroxylation is 1. The largest absolute Gasteiger partial charge is 0.491 e. The summed E-state index contributed by atoms with van der Waals surface area (Å²) in [7, 11) is 0. The third kappa shape index (κ3) is 7.99. The van der Waals surface area contributed by atoms with Crippen molar-refractivity contribution in [1.29, 1.82) is 0 Å². The molecule has 2 aromatic heterocycles. The van der Waals surface area contributed by atoms with Gasteiger partial charge in [-0.2, -0.15) is 0 Å². The lowest BCUT2D eigenvalue weighted by Crippen LogP contribution is -2.43. The highest BCUT2D eigenvalue weighted by molar-refractivity contribution is 6.06. The minimum absolute atomic E-state index is 0.0257. The highest BCUT2D eigenvalue weighted by Gasteiger charge is 2.24. The standard InChI is InChI=1S/C31H32FN3O5/c1-20-9-8-12-23(34-20)16-24(35-30(37)40-31(2,3)4)19-38-27-14-13-26-25(15-22(32)17-33-26)28(27)29(36)39-18-21-10-6-5-7-11-21/h5-15,17,24H,16,18-19H2,1-4H3,(H,35,37)/t24-/m1/s1. The normalized spacial score (nSPS) is 12.0. The Morgan fingerprint density at radius 1 is 1.02 bits per heavy atom. The number of nitrogens with one attached hydrogen (secondary N) is 1. The van der Waals surface area contributed by atoms with Crippen LogP contribution in [-0.4, -0.2) is 40.3 Å². The predicted molar refractivity (Wildman–Crippen MR) is 149 cm³/mol. The Hall–Kier alpha value is -4.53. The molecular formula is C31H32FN3O5. The third-order valence-corrected chi connectivity index (χ3v) is 5.77. The van der Waals surface area contributed by atoms with Gasteiger partial charge < -0.3 is 19.5 Å². The highest BCUT2D eigenvalue weighted by Crippen LogP contribution is 2.29. The molecule has 1 N–H and O–H groups in total. The van der Waals surface area contributed by atoms with E-state index in [1.807, 2.05) is 55.5 Å². The van der Waals surface area contributed by atoms with Crippen LogP contribution >= 0.6 is 0 Å². The van der Waals surface area contributed by atoms with Crippen LogP contribution in [0.4, 0.5) is 9.18 Å². The number of pyridine rings is 2. The fourth-order valence-corrected chi connectivity index (χ4v) is 4.06. The molecule has 0 aliphatic heterocycles. The van der Waals surface area contributed by atoms with Crippen molar-refractivity contribution < 1.29 is 28.2 Å². The summed E-state index contributed by atoms with van der Waals surface area (Å²) < 4.78 is 31.3. The van der Waals surface area contributed by atoms with Gasteiger partial charge in [0.15, 0.2) is 0 Å². The van der Waals surface area contributed by atoms with Crippen molar-refractivity contribution in [2.45, 2.75) is 52.4 Å². The van der Waals surface area contributed by atoms with Gasteiger partial charge in [-0.25, -0.2) is 14.0 Å². The second-order valence-electron chi connectivity index (χ2n) is 10.3. The van der Waals surface area contributed by atoms with Crippen LogP contribution in [0.5, 0.6) is 5.75 Å². The lowest BCUT2D eigenvalue weighted by molar-refractivity contribution is 0.0455. The summed E-state index contributed by atoms with van der Waals surface area (Å²) in [5.41, 5.74) is 2.15. The van der Waals surface area contributed by atoms with Gasteiger partial charge in [0.25, 0.3) is 0 Å². The van der Waals surface area contributed by atoms with E-state index < -0.39 is 29.5 Å². The van der Waals surface area contributed by atoms with Crippen molar-refractivity contribution in [2.75, 3.05) is 6.61 Å². The van der Waals surface area contributed by atoms with E-state index >= 15 is 0 Å². The van der Waals surface area contributed by atoms with Crippen LogP contribution < -0.4 is 10.1 Å². The number of amides is 1. The minimum Gasteiger partial charge on any atom is -0.491 e. The molecule has 0 fully saturated rings. The number of rotatable bonds is 9. The Balaban J connectivity index is 1.60. The van der Waals surface area contributed by atoms with Crippen molar-refractivity contribution in [3.8, 4) is 5.75 Å². The second kappa shape index (κ2) is 12.5. The van der Waals surface area contributed by atoms with Gasteiger partial charge in [-0.3, -0.25) is 9.97 Å². The van der Waals surface area contributed by atoms with Crippen LogP contribution in [0.1, 0.15) is 48.1 Å².